The lowest BCUT2D eigenvalue weighted by Gasteiger charge is -2.32. The molecule has 0 aromatic rings. The fourth-order valence-electron chi connectivity index (χ4n) is 2.51. The molecule has 3 heteroatoms. The van der Waals surface area contributed by atoms with Crippen molar-refractivity contribution in [3.8, 4) is 0 Å². The molecule has 0 spiro atoms. The number of hydrogen-bond donors (Lipinski definition) is 1. The largest absolute Gasteiger partial charge is 0.363 e. The molecule has 2 aliphatic carbocycles. The van der Waals surface area contributed by atoms with Crippen LogP contribution in [-0.4, -0.2) is 17.0 Å². The molecule has 0 unspecified atom stereocenters. The summed E-state index contributed by atoms with van der Waals surface area (Å²) in [5.41, 5.74) is 0. The van der Waals surface area contributed by atoms with E-state index < -0.39 is 5.79 Å². The molecule has 2 fully saturated rings. The van der Waals surface area contributed by atoms with E-state index in [1.54, 1.807) is 0 Å². The highest BCUT2D eigenvalue weighted by Gasteiger charge is 2.32. The summed E-state index contributed by atoms with van der Waals surface area (Å²) in [6.45, 7) is 0. The van der Waals surface area contributed by atoms with Gasteiger partial charge in [0.1, 0.15) is 0 Å². The Balaban J connectivity index is 1.70. The minimum Gasteiger partial charge on any atom is -0.363 e. The van der Waals surface area contributed by atoms with Crippen LogP contribution in [0.5, 0.6) is 0 Å². The van der Waals surface area contributed by atoms with Crippen LogP contribution in [0.2, 0.25) is 0 Å². The van der Waals surface area contributed by atoms with Crippen molar-refractivity contribution in [3.63, 3.8) is 0 Å². The maximum Gasteiger partial charge on any atom is 0.199 e. The van der Waals surface area contributed by atoms with Crippen molar-refractivity contribution in [2.24, 2.45) is 0 Å². The van der Waals surface area contributed by atoms with Crippen LogP contribution in [0, 0.1) is 0 Å². The highest BCUT2D eigenvalue weighted by atomic mass is 17.2. The predicted octanol–water partition coefficient (Wildman–Crippen LogP) is 2.92. The van der Waals surface area contributed by atoms with Gasteiger partial charge in [0.05, 0.1) is 6.10 Å². The third kappa shape index (κ3) is 3.44. The molecule has 3 nitrogen and oxygen atoms in total. The lowest BCUT2D eigenvalue weighted by molar-refractivity contribution is -0.444. The van der Waals surface area contributed by atoms with Crippen LogP contribution in [0.3, 0.4) is 0 Å². The fraction of sp³-hybridized carbons (Fsp3) is 1.00. The zero-order valence-corrected chi connectivity index (χ0v) is 9.41. The van der Waals surface area contributed by atoms with Crippen LogP contribution in [0.1, 0.15) is 64.2 Å². The maximum atomic E-state index is 10.1. The Morgan fingerprint density at radius 1 is 0.867 bits per heavy atom. The molecule has 0 aromatic heterocycles. The van der Waals surface area contributed by atoms with Crippen LogP contribution < -0.4 is 0 Å². The SMILES string of the molecule is OC1(OOC2CCCCC2)CCCCC1. The molecule has 2 rings (SSSR count). The van der Waals surface area contributed by atoms with E-state index in [0.29, 0.717) is 0 Å². The van der Waals surface area contributed by atoms with Crippen molar-refractivity contribution in [2.45, 2.75) is 76.1 Å². The second-order valence-corrected chi connectivity index (χ2v) is 4.95. The van der Waals surface area contributed by atoms with E-state index in [1.165, 1.54) is 25.7 Å². The average Bonchev–Trinajstić information content (AvgIpc) is 2.29. The highest BCUT2D eigenvalue weighted by molar-refractivity contribution is 4.71. The quantitative estimate of drug-likeness (QED) is 0.446. The summed E-state index contributed by atoms with van der Waals surface area (Å²) in [6.07, 6.45) is 10.9. The summed E-state index contributed by atoms with van der Waals surface area (Å²) in [5.74, 6) is -0.990. The molecular weight excluding hydrogens is 192 g/mol. The number of hydrogen-bond acceptors (Lipinski definition) is 3. The van der Waals surface area contributed by atoms with E-state index in [4.69, 9.17) is 9.78 Å². The minimum atomic E-state index is -0.990. The van der Waals surface area contributed by atoms with Crippen LogP contribution in [0.4, 0.5) is 0 Å². The Morgan fingerprint density at radius 2 is 1.47 bits per heavy atom. The summed E-state index contributed by atoms with van der Waals surface area (Å²) in [4.78, 5) is 10.6. The van der Waals surface area contributed by atoms with Gasteiger partial charge in [0.25, 0.3) is 0 Å². The molecule has 2 saturated carbocycles. The van der Waals surface area contributed by atoms with Gasteiger partial charge in [-0.15, -0.1) is 0 Å². The summed E-state index contributed by atoms with van der Waals surface area (Å²) >= 11 is 0. The van der Waals surface area contributed by atoms with Crippen LogP contribution in [0.25, 0.3) is 0 Å². The van der Waals surface area contributed by atoms with Crippen molar-refractivity contribution < 1.29 is 14.9 Å². The average molecular weight is 214 g/mol. The Bertz CT molecular complexity index is 181. The van der Waals surface area contributed by atoms with Gasteiger partial charge in [-0.3, -0.25) is 0 Å². The molecule has 0 aromatic carbocycles. The molecule has 88 valence electrons. The van der Waals surface area contributed by atoms with Gasteiger partial charge in [0.15, 0.2) is 5.79 Å². The molecule has 0 radical (unpaired) electrons. The fourth-order valence-corrected chi connectivity index (χ4v) is 2.51. The van der Waals surface area contributed by atoms with E-state index in [2.05, 4.69) is 0 Å². The van der Waals surface area contributed by atoms with Gasteiger partial charge in [0.2, 0.25) is 0 Å². The van der Waals surface area contributed by atoms with Crippen molar-refractivity contribution in [3.05, 3.63) is 0 Å². The Kier molecular flexibility index (Phi) is 4.00. The molecule has 0 aliphatic heterocycles. The van der Waals surface area contributed by atoms with E-state index in [9.17, 15) is 5.11 Å². The third-order valence-corrected chi connectivity index (χ3v) is 3.53. The van der Waals surface area contributed by atoms with Gasteiger partial charge in [-0.05, 0) is 25.7 Å². The normalized spacial score (nSPS) is 27.8. The molecule has 0 heterocycles. The lowest BCUT2D eigenvalue weighted by atomic mass is 9.95. The second kappa shape index (κ2) is 5.28. The molecule has 1 N–H and O–H groups in total. The first kappa shape index (κ1) is 11.4. The van der Waals surface area contributed by atoms with Crippen LogP contribution in [0.15, 0.2) is 0 Å². The predicted molar refractivity (Wildman–Crippen MR) is 57.1 cm³/mol. The minimum absolute atomic E-state index is 0.213. The maximum absolute atomic E-state index is 10.1. The van der Waals surface area contributed by atoms with Crippen LogP contribution in [-0.2, 0) is 9.78 Å². The van der Waals surface area contributed by atoms with E-state index >= 15 is 0 Å². The molecule has 2 aliphatic rings. The first-order valence-corrected chi connectivity index (χ1v) is 6.35. The monoisotopic (exact) mass is 214 g/mol. The topological polar surface area (TPSA) is 38.7 Å². The van der Waals surface area contributed by atoms with Gasteiger partial charge in [-0.1, -0.05) is 25.7 Å². The Hall–Kier alpha value is -0.120. The summed E-state index contributed by atoms with van der Waals surface area (Å²) < 4.78 is 0. The molecule has 0 atom stereocenters. The molecule has 0 amide bonds. The lowest BCUT2D eigenvalue weighted by Crippen LogP contribution is -2.36. The van der Waals surface area contributed by atoms with Crippen molar-refractivity contribution in [2.75, 3.05) is 0 Å². The highest BCUT2D eigenvalue weighted by Crippen LogP contribution is 2.31. The molecule has 0 bridgehead atoms. The first-order chi connectivity index (χ1) is 7.29. The van der Waals surface area contributed by atoms with E-state index in [1.807, 2.05) is 0 Å². The Morgan fingerprint density at radius 3 is 2.13 bits per heavy atom. The van der Waals surface area contributed by atoms with Crippen molar-refractivity contribution in [1.82, 2.24) is 0 Å². The molecule has 15 heavy (non-hydrogen) atoms. The molecular formula is C12H22O3. The zero-order chi connectivity index (χ0) is 10.6. The standard InChI is InChI=1S/C12H22O3/c13-12(9-5-2-6-10-12)15-14-11-7-3-1-4-8-11/h11,13H,1-10H2. The van der Waals surface area contributed by atoms with Gasteiger partial charge < -0.3 is 5.11 Å². The van der Waals surface area contributed by atoms with Crippen molar-refractivity contribution >= 4 is 0 Å². The van der Waals surface area contributed by atoms with Gasteiger partial charge >= 0.3 is 0 Å². The smallest absolute Gasteiger partial charge is 0.199 e. The zero-order valence-electron chi connectivity index (χ0n) is 9.41. The van der Waals surface area contributed by atoms with Gasteiger partial charge in [0, 0.05) is 12.8 Å². The summed E-state index contributed by atoms with van der Waals surface area (Å²) in [5, 5.41) is 10.1. The van der Waals surface area contributed by atoms with Gasteiger partial charge in [-0.2, -0.15) is 0 Å². The van der Waals surface area contributed by atoms with Crippen LogP contribution >= 0.6 is 0 Å². The van der Waals surface area contributed by atoms with E-state index in [0.717, 1.165) is 38.5 Å². The van der Waals surface area contributed by atoms with Crippen molar-refractivity contribution in [1.29, 1.82) is 0 Å². The second-order valence-electron chi connectivity index (χ2n) is 4.95. The first-order valence-electron chi connectivity index (χ1n) is 6.35. The van der Waals surface area contributed by atoms with Gasteiger partial charge in [-0.25, -0.2) is 9.78 Å². The number of aliphatic hydroxyl groups is 1. The number of rotatable bonds is 3. The Labute approximate surface area is 91.7 Å². The summed E-state index contributed by atoms with van der Waals surface area (Å²) in [7, 11) is 0. The molecule has 0 saturated heterocycles. The summed E-state index contributed by atoms with van der Waals surface area (Å²) in [6, 6.07) is 0. The third-order valence-electron chi connectivity index (χ3n) is 3.53. The van der Waals surface area contributed by atoms with E-state index in [-0.39, 0.29) is 6.10 Å².